The van der Waals surface area contributed by atoms with Gasteiger partial charge in [-0.3, -0.25) is 14.2 Å². The molecule has 0 saturated heterocycles. The number of aromatic nitrogens is 1. The van der Waals surface area contributed by atoms with Crippen LogP contribution in [0, 0.1) is 0 Å². The van der Waals surface area contributed by atoms with E-state index < -0.39 is 17.1 Å². The molecule has 0 aliphatic heterocycles. The van der Waals surface area contributed by atoms with Crippen LogP contribution in [-0.4, -0.2) is 42.4 Å². The standard InChI is InChI=1S/C26H37NO6/c1-25(2,3)33-22(28)16-10-8-7-9-13-17-26(4,23(29)31-5)20-18-27(24(30)32-6)21-15-12-11-14-19(20)21/h11-12,14-15,18H,7-10,13,16-17H2,1-6H3. The van der Waals surface area contributed by atoms with Crippen molar-refractivity contribution in [2.75, 3.05) is 14.2 Å². The van der Waals surface area contributed by atoms with Crippen molar-refractivity contribution in [2.24, 2.45) is 0 Å². The van der Waals surface area contributed by atoms with Crippen molar-refractivity contribution in [2.45, 2.75) is 83.7 Å². The van der Waals surface area contributed by atoms with E-state index in [-0.39, 0.29) is 11.9 Å². The van der Waals surface area contributed by atoms with Crippen molar-refractivity contribution in [3.63, 3.8) is 0 Å². The fraction of sp³-hybridized carbons (Fsp3) is 0.577. The second kappa shape index (κ2) is 11.3. The zero-order valence-corrected chi connectivity index (χ0v) is 20.7. The van der Waals surface area contributed by atoms with Crippen molar-refractivity contribution < 1.29 is 28.6 Å². The molecule has 2 aromatic rings. The highest BCUT2D eigenvalue weighted by molar-refractivity contribution is 5.97. The highest BCUT2D eigenvalue weighted by Crippen LogP contribution is 2.37. The first-order valence-corrected chi connectivity index (χ1v) is 11.5. The quantitative estimate of drug-likeness (QED) is 0.255. The molecule has 0 fully saturated rings. The van der Waals surface area contributed by atoms with Gasteiger partial charge in [0.15, 0.2) is 0 Å². The summed E-state index contributed by atoms with van der Waals surface area (Å²) in [6.07, 6.45) is 6.61. The molecule has 0 bridgehead atoms. The van der Waals surface area contributed by atoms with Gasteiger partial charge in [0.25, 0.3) is 0 Å². The minimum atomic E-state index is -0.899. The topological polar surface area (TPSA) is 83.8 Å². The van der Waals surface area contributed by atoms with Crippen molar-refractivity contribution >= 4 is 28.9 Å². The smallest absolute Gasteiger partial charge is 0.418 e. The van der Waals surface area contributed by atoms with Gasteiger partial charge in [0, 0.05) is 18.0 Å². The maximum atomic E-state index is 12.9. The third kappa shape index (κ3) is 6.83. The maximum absolute atomic E-state index is 12.9. The number of rotatable bonds is 10. The molecule has 1 atom stereocenters. The molecule has 1 aromatic heterocycles. The first-order chi connectivity index (χ1) is 15.5. The molecule has 0 aliphatic rings. The fourth-order valence-electron chi connectivity index (χ4n) is 4.11. The zero-order valence-electron chi connectivity index (χ0n) is 20.7. The summed E-state index contributed by atoms with van der Waals surface area (Å²) in [6.45, 7) is 7.47. The van der Waals surface area contributed by atoms with Gasteiger partial charge in [-0.15, -0.1) is 0 Å². The molecule has 7 heteroatoms. The lowest BCUT2D eigenvalue weighted by atomic mass is 9.78. The highest BCUT2D eigenvalue weighted by Gasteiger charge is 2.39. The van der Waals surface area contributed by atoms with Crippen molar-refractivity contribution in [3.8, 4) is 0 Å². The van der Waals surface area contributed by atoms with Crippen LogP contribution in [0.1, 0.15) is 78.2 Å². The van der Waals surface area contributed by atoms with Gasteiger partial charge in [-0.05, 0) is 52.2 Å². The summed E-state index contributed by atoms with van der Waals surface area (Å²) in [7, 11) is 2.72. The number of fused-ring (bicyclic) bond motifs is 1. The summed E-state index contributed by atoms with van der Waals surface area (Å²) in [6, 6.07) is 7.47. The Morgan fingerprint density at radius 3 is 2.15 bits per heavy atom. The summed E-state index contributed by atoms with van der Waals surface area (Å²) >= 11 is 0. The number of carbonyl (C=O) groups is 3. The normalized spacial score (nSPS) is 13.4. The zero-order chi connectivity index (χ0) is 24.6. The van der Waals surface area contributed by atoms with Gasteiger partial charge in [0.1, 0.15) is 5.60 Å². The van der Waals surface area contributed by atoms with E-state index >= 15 is 0 Å². The number of hydrogen-bond acceptors (Lipinski definition) is 6. The first kappa shape index (κ1) is 26.4. The van der Waals surface area contributed by atoms with Crippen LogP contribution in [0.5, 0.6) is 0 Å². The van der Waals surface area contributed by atoms with Crippen LogP contribution in [0.3, 0.4) is 0 Å². The maximum Gasteiger partial charge on any atom is 0.418 e. The largest absolute Gasteiger partial charge is 0.468 e. The second-order valence-electron chi connectivity index (χ2n) is 9.58. The molecule has 0 radical (unpaired) electrons. The molecule has 1 unspecified atom stereocenters. The lowest BCUT2D eigenvalue weighted by Crippen LogP contribution is -2.33. The predicted octanol–water partition coefficient (Wildman–Crippen LogP) is 5.76. The molecule has 0 aliphatic carbocycles. The van der Waals surface area contributed by atoms with Crippen LogP contribution >= 0.6 is 0 Å². The summed E-state index contributed by atoms with van der Waals surface area (Å²) < 4.78 is 16.8. The van der Waals surface area contributed by atoms with Gasteiger partial charge in [-0.1, -0.05) is 43.9 Å². The minimum absolute atomic E-state index is 0.164. The van der Waals surface area contributed by atoms with Crippen LogP contribution in [0.2, 0.25) is 0 Å². The molecule has 0 saturated carbocycles. The lowest BCUT2D eigenvalue weighted by molar-refractivity contribution is -0.155. The van der Waals surface area contributed by atoms with Gasteiger partial charge < -0.3 is 14.2 Å². The van der Waals surface area contributed by atoms with Gasteiger partial charge in [-0.2, -0.15) is 0 Å². The average Bonchev–Trinajstić information content (AvgIpc) is 3.16. The Morgan fingerprint density at radius 2 is 1.52 bits per heavy atom. The van der Waals surface area contributed by atoms with E-state index in [1.165, 1.54) is 18.8 Å². The lowest BCUT2D eigenvalue weighted by Gasteiger charge is -2.26. The van der Waals surface area contributed by atoms with E-state index in [1.54, 1.807) is 6.20 Å². The molecular formula is C26H37NO6. The summed E-state index contributed by atoms with van der Waals surface area (Å²) in [4.78, 5) is 37.0. The molecule has 1 aromatic carbocycles. The van der Waals surface area contributed by atoms with Crippen LogP contribution < -0.4 is 0 Å². The van der Waals surface area contributed by atoms with Crippen molar-refractivity contribution in [3.05, 3.63) is 36.0 Å². The van der Waals surface area contributed by atoms with Crippen LogP contribution in [0.15, 0.2) is 30.5 Å². The Hall–Kier alpha value is -2.83. The Labute approximate surface area is 196 Å². The number of esters is 2. The number of unbranched alkanes of at least 4 members (excludes halogenated alkanes) is 4. The molecule has 33 heavy (non-hydrogen) atoms. The number of ether oxygens (including phenoxy) is 3. The van der Waals surface area contributed by atoms with Crippen LogP contribution in [0.4, 0.5) is 4.79 Å². The Bertz CT molecular complexity index is 971. The molecule has 0 spiro atoms. The molecule has 7 nitrogen and oxygen atoms in total. The number of nitrogens with zero attached hydrogens (tertiary/aromatic N) is 1. The van der Waals surface area contributed by atoms with Crippen molar-refractivity contribution in [1.82, 2.24) is 4.57 Å². The number of benzene rings is 1. The second-order valence-corrected chi connectivity index (χ2v) is 9.58. The molecular weight excluding hydrogens is 422 g/mol. The SMILES string of the molecule is COC(=O)n1cc(C(C)(CCCCCCCC(=O)OC(C)(C)C)C(=O)OC)c2ccccc21. The highest BCUT2D eigenvalue weighted by atomic mass is 16.6. The van der Waals surface area contributed by atoms with E-state index in [2.05, 4.69) is 0 Å². The predicted molar refractivity (Wildman–Crippen MR) is 127 cm³/mol. The van der Waals surface area contributed by atoms with E-state index in [0.717, 1.165) is 43.1 Å². The molecule has 1 heterocycles. The number of carbonyl (C=O) groups excluding carboxylic acids is 3. The van der Waals surface area contributed by atoms with Crippen LogP contribution in [-0.2, 0) is 29.2 Å². The van der Waals surface area contributed by atoms with E-state index in [4.69, 9.17) is 14.2 Å². The van der Waals surface area contributed by atoms with Gasteiger partial charge in [0.05, 0.1) is 25.2 Å². The third-order valence-electron chi connectivity index (χ3n) is 5.79. The van der Waals surface area contributed by atoms with Gasteiger partial charge in [0.2, 0.25) is 0 Å². The van der Waals surface area contributed by atoms with E-state index in [0.29, 0.717) is 18.4 Å². The van der Waals surface area contributed by atoms with Gasteiger partial charge >= 0.3 is 18.0 Å². The Kier molecular flexibility index (Phi) is 9.08. The third-order valence-corrected chi connectivity index (χ3v) is 5.79. The minimum Gasteiger partial charge on any atom is -0.468 e. The average molecular weight is 460 g/mol. The van der Waals surface area contributed by atoms with Crippen molar-refractivity contribution in [1.29, 1.82) is 0 Å². The first-order valence-electron chi connectivity index (χ1n) is 11.5. The molecule has 2 rings (SSSR count). The fourth-order valence-corrected chi connectivity index (χ4v) is 4.11. The summed E-state index contributed by atoms with van der Waals surface area (Å²) in [5.74, 6) is -0.497. The van der Waals surface area contributed by atoms with Gasteiger partial charge in [-0.25, -0.2) is 4.79 Å². The Morgan fingerprint density at radius 1 is 0.879 bits per heavy atom. The van der Waals surface area contributed by atoms with Crippen LogP contribution in [0.25, 0.3) is 10.9 Å². The molecule has 0 amide bonds. The van der Waals surface area contributed by atoms with E-state index in [1.807, 2.05) is 52.0 Å². The molecule has 182 valence electrons. The monoisotopic (exact) mass is 459 g/mol. The Balaban J connectivity index is 2.03. The summed E-state index contributed by atoms with van der Waals surface area (Å²) in [5.41, 5.74) is 0.0909. The number of methoxy groups -OCH3 is 2. The van der Waals surface area contributed by atoms with E-state index in [9.17, 15) is 14.4 Å². The number of para-hydroxylation sites is 1. The molecule has 0 N–H and O–H groups in total. The number of hydrogen-bond donors (Lipinski definition) is 0. The summed E-state index contributed by atoms with van der Waals surface area (Å²) in [5, 5.41) is 0.827.